The molecule has 3 rings (SSSR count). The zero-order valence-corrected chi connectivity index (χ0v) is 19.6. The second-order valence-electron chi connectivity index (χ2n) is 8.89. The summed E-state index contributed by atoms with van der Waals surface area (Å²) in [6.07, 6.45) is 8.12. The smallest absolute Gasteiger partial charge is 0.164 e. The highest BCUT2D eigenvalue weighted by molar-refractivity contribution is 8.14. The number of nitriles is 1. The van der Waals surface area contributed by atoms with Crippen LogP contribution in [0.2, 0.25) is 0 Å². The van der Waals surface area contributed by atoms with Crippen molar-refractivity contribution in [3.05, 3.63) is 28.8 Å². The molecule has 1 heterocycles. The fraction of sp³-hybridized carbons (Fsp3) is 0.667. The van der Waals surface area contributed by atoms with Gasteiger partial charge in [-0.1, -0.05) is 32.0 Å². The molecule has 5 heteroatoms. The number of aliphatic hydroxyl groups is 1. The van der Waals surface area contributed by atoms with Crippen molar-refractivity contribution in [2.45, 2.75) is 91.2 Å². The van der Waals surface area contributed by atoms with Crippen molar-refractivity contribution in [3.8, 4) is 6.07 Å². The summed E-state index contributed by atoms with van der Waals surface area (Å²) in [5.41, 5.74) is 4.02. The van der Waals surface area contributed by atoms with Crippen LogP contribution in [-0.2, 0) is 12.8 Å². The first kappa shape index (κ1) is 23.8. The second kappa shape index (κ2) is 11.0. The number of benzene rings is 1. The number of amidine groups is 1. The molecule has 0 aromatic heterocycles. The first-order valence-electron chi connectivity index (χ1n) is 11.0. The quantitative estimate of drug-likeness (QED) is 0.657. The van der Waals surface area contributed by atoms with Crippen molar-refractivity contribution in [1.82, 2.24) is 4.90 Å². The average Bonchev–Trinajstić information content (AvgIpc) is 3.07. The average molecular weight is 416 g/mol. The number of hydrogen-bond donors (Lipinski definition) is 1. The van der Waals surface area contributed by atoms with E-state index < -0.39 is 5.60 Å². The minimum atomic E-state index is -0.500. The molecule has 1 aliphatic heterocycles. The Kier molecular flexibility index (Phi) is 9.04. The van der Waals surface area contributed by atoms with Crippen LogP contribution in [0.4, 0.5) is 5.69 Å². The van der Waals surface area contributed by atoms with E-state index in [0.717, 1.165) is 36.4 Å². The van der Waals surface area contributed by atoms with Gasteiger partial charge in [0.05, 0.1) is 22.9 Å². The molecule has 4 nitrogen and oxygen atoms in total. The van der Waals surface area contributed by atoms with Gasteiger partial charge in [0.1, 0.15) is 0 Å². The Balaban J connectivity index is 0.000000537. The minimum absolute atomic E-state index is 0.500. The first-order valence-corrected chi connectivity index (χ1v) is 12.0. The van der Waals surface area contributed by atoms with Crippen molar-refractivity contribution >= 4 is 22.6 Å². The van der Waals surface area contributed by atoms with Gasteiger partial charge in [-0.2, -0.15) is 5.26 Å². The second-order valence-corrected chi connectivity index (χ2v) is 9.88. The van der Waals surface area contributed by atoms with Crippen LogP contribution in [0.1, 0.15) is 83.4 Å². The topological polar surface area (TPSA) is 59.6 Å². The van der Waals surface area contributed by atoms with E-state index in [9.17, 15) is 5.26 Å². The van der Waals surface area contributed by atoms with Gasteiger partial charge in [-0.3, -0.25) is 0 Å². The Morgan fingerprint density at radius 3 is 2.45 bits per heavy atom. The highest BCUT2D eigenvalue weighted by Crippen LogP contribution is 2.35. The van der Waals surface area contributed by atoms with E-state index in [0.29, 0.717) is 6.04 Å². The molecule has 1 aromatic carbocycles. The van der Waals surface area contributed by atoms with Gasteiger partial charge in [-0.15, -0.1) is 0 Å². The summed E-state index contributed by atoms with van der Waals surface area (Å²) in [7, 11) is 0. The van der Waals surface area contributed by atoms with Crippen molar-refractivity contribution in [2.75, 3.05) is 12.3 Å². The Bertz CT molecular complexity index is 740. The highest BCUT2D eigenvalue weighted by Gasteiger charge is 2.29. The third-order valence-electron chi connectivity index (χ3n) is 5.16. The third-order valence-corrected chi connectivity index (χ3v) is 6.30. The molecule has 1 aliphatic carbocycles. The van der Waals surface area contributed by atoms with Crippen LogP contribution >= 0.6 is 11.8 Å². The molecule has 1 atom stereocenters. The van der Waals surface area contributed by atoms with E-state index >= 15 is 0 Å². The van der Waals surface area contributed by atoms with Crippen LogP contribution in [0.15, 0.2) is 17.1 Å². The summed E-state index contributed by atoms with van der Waals surface area (Å²) in [6, 6.07) is 7.02. The maximum Gasteiger partial charge on any atom is 0.164 e. The monoisotopic (exact) mass is 415 g/mol. The summed E-state index contributed by atoms with van der Waals surface area (Å²) >= 11 is 1.90. The Hall–Kier alpha value is -1.51. The standard InChI is InChI=1S/C20H27N3S.C4H10O/c1-3-5-12-23-16(4-2)14-24-20(23)22-19-11-10-15(13-21)17-8-6-7-9-18(17)19;1-4(2,3)5/h10-11,16H,3-9,12,14H2,1-2H3;5H,1-3H3. The zero-order chi connectivity index (χ0) is 21.4. The molecule has 0 bridgehead atoms. The number of rotatable bonds is 5. The molecule has 2 aliphatic rings. The van der Waals surface area contributed by atoms with Crippen LogP contribution in [-0.4, -0.2) is 39.1 Å². The maximum atomic E-state index is 9.38. The highest BCUT2D eigenvalue weighted by atomic mass is 32.2. The number of thioether (sulfide) groups is 1. The van der Waals surface area contributed by atoms with Crippen molar-refractivity contribution in [1.29, 1.82) is 5.26 Å². The molecule has 0 amide bonds. The van der Waals surface area contributed by atoms with E-state index in [-0.39, 0.29) is 0 Å². The Labute approximate surface area is 181 Å². The molecule has 0 spiro atoms. The van der Waals surface area contributed by atoms with Crippen LogP contribution in [0.5, 0.6) is 0 Å². The fourth-order valence-corrected chi connectivity index (χ4v) is 5.03. The van der Waals surface area contributed by atoms with Gasteiger partial charge in [-0.25, -0.2) is 4.99 Å². The van der Waals surface area contributed by atoms with Crippen LogP contribution in [0, 0.1) is 11.3 Å². The lowest BCUT2D eigenvalue weighted by molar-refractivity contribution is 0.102. The fourth-order valence-electron chi connectivity index (χ4n) is 3.70. The number of hydrogen-bond acceptors (Lipinski definition) is 4. The molecule has 0 radical (unpaired) electrons. The van der Waals surface area contributed by atoms with Gasteiger partial charge in [0.2, 0.25) is 0 Å². The molecule has 1 unspecified atom stereocenters. The summed E-state index contributed by atoms with van der Waals surface area (Å²) in [5.74, 6) is 1.15. The first-order chi connectivity index (χ1) is 13.8. The summed E-state index contributed by atoms with van der Waals surface area (Å²) < 4.78 is 0. The molecule has 160 valence electrons. The molecule has 29 heavy (non-hydrogen) atoms. The molecule has 1 aromatic rings. The van der Waals surface area contributed by atoms with Crippen LogP contribution < -0.4 is 0 Å². The maximum absolute atomic E-state index is 9.38. The molecule has 1 fully saturated rings. The Morgan fingerprint density at radius 1 is 1.21 bits per heavy atom. The lowest BCUT2D eigenvalue weighted by Gasteiger charge is -2.25. The third kappa shape index (κ3) is 7.04. The number of aliphatic imine (C=N–C) groups is 1. The SMILES string of the molecule is CC(C)(C)O.CCCCN1C(=Nc2ccc(C#N)c3c2CCCC3)SCC1CC. The van der Waals surface area contributed by atoms with Gasteiger partial charge in [-0.05, 0) is 82.6 Å². The number of nitrogens with zero attached hydrogens (tertiary/aromatic N) is 3. The predicted molar refractivity (Wildman–Crippen MR) is 125 cm³/mol. The van der Waals surface area contributed by atoms with Gasteiger partial charge in [0, 0.05) is 18.3 Å². The van der Waals surface area contributed by atoms with E-state index in [1.807, 2.05) is 17.8 Å². The van der Waals surface area contributed by atoms with Crippen molar-refractivity contribution in [3.63, 3.8) is 0 Å². The van der Waals surface area contributed by atoms with Crippen molar-refractivity contribution in [2.24, 2.45) is 4.99 Å². The molecular formula is C24H37N3OS. The normalized spacial score (nSPS) is 20.1. The van der Waals surface area contributed by atoms with Crippen LogP contribution in [0.25, 0.3) is 0 Å². The number of unbranched alkanes of at least 4 members (excludes halogenated alkanes) is 1. The van der Waals surface area contributed by atoms with Gasteiger partial charge < -0.3 is 10.0 Å². The summed E-state index contributed by atoms with van der Waals surface area (Å²) in [4.78, 5) is 7.59. The number of fused-ring (bicyclic) bond motifs is 1. The predicted octanol–water partition coefficient (Wildman–Crippen LogP) is 5.83. The minimum Gasteiger partial charge on any atom is -0.391 e. The zero-order valence-electron chi connectivity index (χ0n) is 18.8. The van der Waals surface area contributed by atoms with Crippen LogP contribution in [0.3, 0.4) is 0 Å². The van der Waals surface area contributed by atoms with E-state index in [2.05, 4.69) is 30.9 Å². The molecule has 1 N–H and O–H groups in total. The lowest BCUT2D eigenvalue weighted by Crippen LogP contribution is -2.34. The van der Waals surface area contributed by atoms with Gasteiger partial charge >= 0.3 is 0 Å². The van der Waals surface area contributed by atoms with E-state index in [1.54, 1.807) is 20.8 Å². The van der Waals surface area contributed by atoms with Gasteiger partial charge in [0.25, 0.3) is 0 Å². The van der Waals surface area contributed by atoms with E-state index in [1.165, 1.54) is 48.4 Å². The Morgan fingerprint density at radius 2 is 1.86 bits per heavy atom. The lowest BCUT2D eigenvalue weighted by atomic mass is 9.87. The van der Waals surface area contributed by atoms with Gasteiger partial charge in [0.15, 0.2) is 5.17 Å². The van der Waals surface area contributed by atoms with Crippen molar-refractivity contribution < 1.29 is 5.11 Å². The molecular weight excluding hydrogens is 378 g/mol. The molecule has 0 saturated carbocycles. The summed E-state index contributed by atoms with van der Waals surface area (Å²) in [5, 5.41) is 19.1. The summed E-state index contributed by atoms with van der Waals surface area (Å²) in [6.45, 7) is 10.9. The van der Waals surface area contributed by atoms with E-state index in [4.69, 9.17) is 10.1 Å². The largest absolute Gasteiger partial charge is 0.391 e. The molecule has 1 saturated heterocycles.